The highest BCUT2D eigenvalue weighted by Crippen LogP contribution is 2.25. The van der Waals surface area contributed by atoms with Crippen LogP contribution in [0.5, 0.6) is 0 Å². The minimum atomic E-state index is -0.688. The number of hydrogen-bond acceptors (Lipinski definition) is 3. The van der Waals surface area contributed by atoms with Gasteiger partial charge in [-0.05, 0) is 35.7 Å². The highest BCUT2D eigenvalue weighted by atomic mass is 35.5. The molecule has 3 aromatic rings. The largest absolute Gasteiger partial charge is 0.387 e. The van der Waals surface area contributed by atoms with Gasteiger partial charge in [-0.1, -0.05) is 35.9 Å². The van der Waals surface area contributed by atoms with E-state index in [1.54, 1.807) is 21.6 Å². The number of β-amino-alcohol motifs (C(OH)–C–C–N with tert-alkyl or cyclic N) is 1. The van der Waals surface area contributed by atoms with Crippen LogP contribution in [0.2, 0.25) is 5.02 Å². The molecule has 6 heteroatoms. The van der Waals surface area contributed by atoms with Gasteiger partial charge in [0.05, 0.1) is 23.7 Å². The van der Waals surface area contributed by atoms with Gasteiger partial charge in [-0.25, -0.2) is 4.98 Å². The number of nitrogens with zero attached hydrogens (tertiary/aromatic N) is 3. The van der Waals surface area contributed by atoms with E-state index in [0.29, 0.717) is 17.4 Å². The van der Waals surface area contributed by atoms with Crippen LogP contribution in [0.4, 0.5) is 0 Å². The molecule has 5 nitrogen and oxygen atoms in total. The minimum absolute atomic E-state index is 0.179. The maximum absolute atomic E-state index is 13.0. The van der Waals surface area contributed by atoms with Gasteiger partial charge in [0, 0.05) is 18.6 Å². The molecule has 1 aromatic heterocycles. The molecule has 1 atom stereocenters. The summed E-state index contributed by atoms with van der Waals surface area (Å²) in [7, 11) is 1.81. The van der Waals surface area contributed by atoms with E-state index < -0.39 is 6.10 Å². The number of fused-ring (bicyclic) bond motifs is 2. The number of aliphatic hydroxyl groups excluding tert-OH is 1. The lowest BCUT2D eigenvalue weighted by atomic mass is 10.0. The maximum Gasteiger partial charge on any atom is 0.289 e. The smallest absolute Gasteiger partial charge is 0.289 e. The van der Waals surface area contributed by atoms with Crippen molar-refractivity contribution in [3.8, 4) is 0 Å². The van der Waals surface area contributed by atoms with Crippen molar-refractivity contribution >= 4 is 28.5 Å². The van der Waals surface area contributed by atoms with Crippen LogP contribution in [0.25, 0.3) is 11.0 Å². The first-order chi connectivity index (χ1) is 12.0. The first kappa shape index (κ1) is 16.1. The quantitative estimate of drug-likeness (QED) is 0.730. The summed E-state index contributed by atoms with van der Waals surface area (Å²) < 4.78 is 1.76. The molecule has 0 fully saturated rings. The summed E-state index contributed by atoms with van der Waals surface area (Å²) in [5.41, 5.74) is 3.53. The molecule has 0 bridgehead atoms. The highest BCUT2D eigenvalue weighted by molar-refractivity contribution is 6.31. The molecule has 1 N–H and O–H groups in total. The van der Waals surface area contributed by atoms with Crippen molar-refractivity contribution in [2.45, 2.75) is 12.5 Å². The Morgan fingerprint density at radius 2 is 2.08 bits per heavy atom. The van der Waals surface area contributed by atoms with Crippen molar-refractivity contribution < 1.29 is 9.90 Å². The first-order valence-electron chi connectivity index (χ1n) is 8.21. The highest BCUT2D eigenvalue weighted by Gasteiger charge is 2.27. The average Bonchev–Trinajstić information content (AvgIpc) is 2.83. The van der Waals surface area contributed by atoms with Crippen LogP contribution in [0, 0.1) is 0 Å². The summed E-state index contributed by atoms with van der Waals surface area (Å²) in [5, 5.41) is 11.1. The standard InChI is InChI=1S/C19H18ClN3O2/c1-22-16-10-13(20)6-7-15(16)21-18(22)19(25)23-9-8-12-4-2-3-5-14(12)17(24)11-23/h2-7,10,17,24H,8-9,11H2,1H3. The average molecular weight is 356 g/mol. The van der Waals surface area contributed by atoms with Crippen molar-refractivity contribution in [1.82, 2.24) is 14.5 Å². The Morgan fingerprint density at radius 3 is 2.92 bits per heavy atom. The molecular formula is C19H18ClN3O2. The van der Waals surface area contributed by atoms with E-state index in [2.05, 4.69) is 4.98 Å². The number of aliphatic hydroxyl groups is 1. The third kappa shape index (κ3) is 2.79. The number of carbonyl (C=O) groups excluding carboxylic acids is 1. The summed E-state index contributed by atoms with van der Waals surface area (Å²) in [6.07, 6.45) is 0.0288. The van der Waals surface area contributed by atoms with E-state index in [4.69, 9.17) is 11.6 Å². The lowest BCUT2D eigenvalue weighted by molar-refractivity contribution is 0.0629. The fourth-order valence-electron chi connectivity index (χ4n) is 3.42. The van der Waals surface area contributed by atoms with Crippen molar-refractivity contribution in [3.63, 3.8) is 0 Å². The van der Waals surface area contributed by atoms with E-state index in [9.17, 15) is 9.90 Å². The number of carbonyl (C=O) groups is 1. The van der Waals surface area contributed by atoms with Gasteiger partial charge in [-0.15, -0.1) is 0 Å². The van der Waals surface area contributed by atoms with Crippen molar-refractivity contribution in [3.05, 3.63) is 64.4 Å². The third-order valence-corrected chi connectivity index (χ3v) is 5.01. The maximum atomic E-state index is 13.0. The van der Waals surface area contributed by atoms with E-state index in [1.165, 1.54) is 0 Å². The van der Waals surface area contributed by atoms with E-state index >= 15 is 0 Å². The molecule has 25 heavy (non-hydrogen) atoms. The Hall–Kier alpha value is -2.37. The Morgan fingerprint density at radius 1 is 1.28 bits per heavy atom. The van der Waals surface area contributed by atoms with Crippen LogP contribution in [-0.4, -0.2) is 38.6 Å². The molecule has 128 valence electrons. The van der Waals surface area contributed by atoms with Gasteiger partial charge < -0.3 is 14.6 Å². The van der Waals surface area contributed by atoms with Crippen LogP contribution in [0.1, 0.15) is 27.8 Å². The zero-order chi connectivity index (χ0) is 17.6. The van der Waals surface area contributed by atoms with Gasteiger partial charge in [0.15, 0.2) is 5.82 Å². The summed E-state index contributed by atoms with van der Waals surface area (Å²) in [4.78, 5) is 19.2. The molecule has 0 saturated carbocycles. The van der Waals surface area contributed by atoms with Gasteiger partial charge in [-0.2, -0.15) is 0 Å². The number of hydrogen-bond donors (Lipinski definition) is 1. The Balaban J connectivity index is 1.67. The molecule has 2 heterocycles. The van der Waals surface area contributed by atoms with Gasteiger partial charge in [0.2, 0.25) is 0 Å². The van der Waals surface area contributed by atoms with E-state index in [1.807, 2.05) is 37.4 Å². The van der Waals surface area contributed by atoms with Crippen molar-refractivity contribution in [1.29, 1.82) is 0 Å². The predicted molar refractivity (Wildman–Crippen MR) is 96.7 cm³/mol. The molecule has 4 rings (SSSR count). The topological polar surface area (TPSA) is 58.4 Å². The molecule has 0 aliphatic carbocycles. The monoisotopic (exact) mass is 355 g/mol. The van der Waals surface area contributed by atoms with Gasteiger partial charge in [0.25, 0.3) is 5.91 Å². The lowest BCUT2D eigenvalue weighted by Crippen LogP contribution is -2.36. The summed E-state index contributed by atoms with van der Waals surface area (Å²) in [6.45, 7) is 0.816. The molecule has 1 unspecified atom stereocenters. The van der Waals surface area contributed by atoms with E-state index in [0.717, 1.165) is 28.6 Å². The third-order valence-electron chi connectivity index (χ3n) is 4.78. The number of amides is 1. The number of aromatic nitrogens is 2. The lowest BCUT2D eigenvalue weighted by Gasteiger charge is -2.22. The Kier molecular flexibility index (Phi) is 3.98. The second-order valence-corrected chi connectivity index (χ2v) is 6.78. The number of benzene rings is 2. The molecule has 2 aromatic carbocycles. The second-order valence-electron chi connectivity index (χ2n) is 6.34. The molecule has 0 saturated heterocycles. The Labute approximate surface area is 150 Å². The van der Waals surface area contributed by atoms with Crippen LogP contribution in [0.3, 0.4) is 0 Å². The first-order valence-corrected chi connectivity index (χ1v) is 8.59. The number of rotatable bonds is 1. The second kappa shape index (κ2) is 6.17. The van der Waals surface area contributed by atoms with E-state index in [-0.39, 0.29) is 12.5 Å². The van der Waals surface area contributed by atoms with Crippen LogP contribution < -0.4 is 0 Å². The Bertz CT molecular complexity index is 966. The van der Waals surface area contributed by atoms with Gasteiger partial charge in [0.1, 0.15) is 0 Å². The number of halogens is 1. The van der Waals surface area contributed by atoms with Gasteiger partial charge >= 0.3 is 0 Å². The zero-order valence-electron chi connectivity index (χ0n) is 13.8. The number of aryl methyl sites for hydroxylation is 1. The summed E-state index contributed by atoms with van der Waals surface area (Å²) in [5.74, 6) is 0.178. The van der Waals surface area contributed by atoms with Crippen molar-refractivity contribution in [2.24, 2.45) is 7.05 Å². The number of imidazole rings is 1. The zero-order valence-corrected chi connectivity index (χ0v) is 14.6. The fraction of sp³-hybridized carbons (Fsp3) is 0.263. The summed E-state index contributed by atoms with van der Waals surface area (Å²) in [6, 6.07) is 13.2. The van der Waals surface area contributed by atoms with Crippen LogP contribution in [0.15, 0.2) is 42.5 Å². The minimum Gasteiger partial charge on any atom is -0.387 e. The fourth-order valence-corrected chi connectivity index (χ4v) is 3.59. The van der Waals surface area contributed by atoms with Crippen LogP contribution >= 0.6 is 11.6 Å². The molecule has 1 aliphatic rings. The summed E-state index contributed by atoms with van der Waals surface area (Å²) >= 11 is 6.05. The molecule has 0 spiro atoms. The SMILES string of the molecule is Cn1c(C(=O)N2CCc3ccccc3C(O)C2)nc2ccc(Cl)cc21. The predicted octanol–water partition coefficient (Wildman–Crippen LogP) is 2.96. The normalized spacial score (nSPS) is 17.4. The molecular weight excluding hydrogens is 338 g/mol. The van der Waals surface area contributed by atoms with Crippen LogP contribution in [-0.2, 0) is 13.5 Å². The molecule has 1 amide bonds. The van der Waals surface area contributed by atoms with Gasteiger partial charge in [-0.3, -0.25) is 4.79 Å². The molecule has 0 radical (unpaired) electrons. The molecule has 1 aliphatic heterocycles. The van der Waals surface area contributed by atoms with Crippen molar-refractivity contribution in [2.75, 3.05) is 13.1 Å².